The molecular weight excluding hydrogens is 236 g/mol. The van der Waals surface area contributed by atoms with Crippen LogP contribution in [0.2, 0.25) is 0 Å². The van der Waals surface area contributed by atoms with Gasteiger partial charge in [-0.1, -0.05) is 24.3 Å². The molecule has 98 valence electrons. The normalized spacial score (nSPS) is 15.5. The SMILES string of the molecule is CN=C(NCc1nccc2ccccc12)NC1CC1. The Bertz CT molecular complexity index is 597. The third-order valence-electron chi connectivity index (χ3n) is 3.32. The topological polar surface area (TPSA) is 49.3 Å². The molecule has 1 aromatic carbocycles. The van der Waals surface area contributed by atoms with Gasteiger partial charge in [0.1, 0.15) is 0 Å². The number of fused-ring (bicyclic) bond motifs is 1. The number of rotatable bonds is 3. The van der Waals surface area contributed by atoms with Crippen LogP contribution in [0, 0.1) is 0 Å². The van der Waals surface area contributed by atoms with Crippen molar-refractivity contribution in [2.45, 2.75) is 25.4 Å². The Morgan fingerprint density at radius 3 is 2.95 bits per heavy atom. The van der Waals surface area contributed by atoms with Crippen molar-refractivity contribution < 1.29 is 0 Å². The van der Waals surface area contributed by atoms with Gasteiger partial charge < -0.3 is 10.6 Å². The third-order valence-corrected chi connectivity index (χ3v) is 3.32. The highest BCUT2D eigenvalue weighted by atomic mass is 15.2. The minimum atomic E-state index is 0.603. The van der Waals surface area contributed by atoms with E-state index in [0.29, 0.717) is 12.6 Å². The molecule has 0 radical (unpaired) electrons. The van der Waals surface area contributed by atoms with Crippen molar-refractivity contribution in [1.82, 2.24) is 15.6 Å². The van der Waals surface area contributed by atoms with Crippen LogP contribution in [0.25, 0.3) is 10.8 Å². The molecule has 2 aromatic rings. The largest absolute Gasteiger partial charge is 0.354 e. The number of hydrogen-bond acceptors (Lipinski definition) is 2. The number of nitrogens with zero attached hydrogens (tertiary/aromatic N) is 2. The lowest BCUT2D eigenvalue weighted by Gasteiger charge is -2.11. The minimum Gasteiger partial charge on any atom is -0.354 e. The highest BCUT2D eigenvalue weighted by Gasteiger charge is 2.22. The van der Waals surface area contributed by atoms with Crippen molar-refractivity contribution >= 4 is 16.7 Å². The third kappa shape index (κ3) is 2.84. The molecule has 1 saturated carbocycles. The molecule has 3 rings (SSSR count). The average molecular weight is 254 g/mol. The van der Waals surface area contributed by atoms with Gasteiger partial charge in [0.15, 0.2) is 5.96 Å². The lowest BCUT2D eigenvalue weighted by molar-refractivity contribution is 0.795. The Kier molecular flexibility index (Phi) is 3.31. The summed E-state index contributed by atoms with van der Waals surface area (Å²) in [4.78, 5) is 8.69. The summed E-state index contributed by atoms with van der Waals surface area (Å²) in [6.07, 6.45) is 4.34. The molecule has 0 aliphatic heterocycles. The van der Waals surface area contributed by atoms with Crippen molar-refractivity contribution in [1.29, 1.82) is 0 Å². The monoisotopic (exact) mass is 254 g/mol. The number of aliphatic imine (C=N–C) groups is 1. The van der Waals surface area contributed by atoms with Crippen LogP contribution < -0.4 is 10.6 Å². The van der Waals surface area contributed by atoms with E-state index in [4.69, 9.17) is 0 Å². The van der Waals surface area contributed by atoms with Gasteiger partial charge in [-0.2, -0.15) is 0 Å². The molecule has 0 amide bonds. The van der Waals surface area contributed by atoms with Gasteiger partial charge >= 0.3 is 0 Å². The first kappa shape index (κ1) is 12.0. The maximum Gasteiger partial charge on any atom is 0.191 e. The molecule has 1 aliphatic carbocycles. The highest BCUT2D eigenvalue weighted by molar-refractivity contribution is 5.85. The fourth-order valence-electron chi connectivity index (χ4n) is 2.11. The molecule has 19 heavy (non-hydrogen) atoms. The second-order valence-electron chi connectivity index (χ2n) is 4.82. The van der Waals surface area contributed by atoms with Gasteiger partial charge in [0.05, 0.1) is 12.2 Å². The molecule has 0 saturated heterocycles. The van der Waals surface area contributed by atoms with Gasteiger partial charge in [-0.05, 0) is 24.3 Å². The Balaban J connectivity index is 1.73. The van der Waals surface area contributed by atoms with E-state index >= 15 is 0 Å². The van der Waals surface area contributed by atoms with E-state index in [1.54, 1.807) is 7.05 Å². The lowest BCUT2D eigenvalue weighted by atomic mass is 10.1. The van der Waals surface area contributed by atoms with E-state index in [1.165, 1.54) is 23.6 Å². The summed E-state index contributed by atoms with van der Waals surface area (Å²) in [7, 11) is 1.80. The molecular formula is C15H18N4. The number of pyridine rings is 1. The maximum absolute atomic E-state index is 4.46. The predicted octanol–water partition coefficient (Wildman–Crippen LogP) is 2.06. The van der Waals surface area contributed by atoms with Crippen LogP contribution in [0.5, 0.6) is 0 Å². The van der Waals surface area contributed by atoms with E-state index in [9.17, 15) is 0 Å². The van der Waals surface area contributed by atoms with Crippen LogP contribution in [0.3, 0.4) is 0 Å². The Hall–Kier alpha value is -2.10. The van der Waals surface area contributed by atoms with Crippen LogP contribution in [0.15, 0.2) is 41.5 Å². The summed E-state index contributed by atoms with van der Waals surface area (Å²) >= 11 is 0. The zero-order chi connectivity index (χ0) is 13.1. The molecule has 0 atom stereocenters. The molecule has 1 fully saturated rings. The zero-order valence-corrected chi connectivity index (χ0v) is 11.1. The molecule has 0 spiro atoms. The molecule has 2 N–H and O–H groups in total. The van der Waals surface area contributed by atoms with Crippen molar-refractivity contribution in [3.8, 4) is 0 Å². The number of benzene rings is 1. The van der Waals surface area contributed by atoms with E-state index in [0.717, 1.165) is 11.7 Å². The number of aromatic nitrogens is 1. The standard InChI is InChI=1S/C15H18N4/c1-16-15(19-12-6-7-12)18-10-14-13-5-3-2-4-11(13)8-9-17-14/h2-5,8-9,12H,6-7,10H2,1H3,(H2,16,18,19). The van der Waals surface area contributed by atoms with E-state index in [1.807, 2.05) is 24.4 Å². The summed E-state index contributed by atoms with van der Waals surface area (Å²) in [5.41, 5.74) is 1.05. The average Bonchev–Trinajstić information content (AvgIpc) is 3.27. The number of nitrogens with one attached hydrogen (secondary N) is 2. The van der Waals surface area contributed by atoms with Gasteiger partial charge in [-0.25, -0.2) is 0 Å². The van der Waals surface area contributed by atoms with Crippen molar-refractivity contribution in [2.75, 3.05) is 7.05 Å². The Labute approximate surface area is 113 Å². The van der Waals surface area contributed by atoms with Crippen LogP contribution in [-0.2, 0) is 6.54 Å². The van der Waals surface area contributed by atoms with E-state index in [-0.39, 0.29) is 0 Å². The summed E-state index contributed by atoms with van der Waals surface area (Å²) in [5.74, 6) is 0.859. The molecule has 1 aromatic heterocycles. The molecule has 0 bridgehead atoms. The van der Waals surface area contributed by atoms with Crippen LogP contribution in [0.1, 0.15) is 18.5 Å². The van der Waals surface area contributed by atoms with Crippen molar-refractivity contribution in [3.63, 3.8) is 0 Å². The summed E-state index contributed by atoms with van der Waals surface area (Å²) < 4.78 is 0. The first-order valence-corrected chi connectivity index (χ1v) is 6.66. The second-order valence-corrected chi connectivity index (χ2v) is 4.82. The quantitative estimate of drug-likeness (QED) is 0.651. The van der Waals surface area contributed by atoms with Gasteiger partial charge in [0, 0.05) is 24.7 Å². The lowest BCUT2D eigenvalue weighted by Crippen LogP contribution is -2.38. The first-order chi connectivity index (χ1) is 9.36. The van der Waals surface area contributed by atoms with Gasteiger partial charge in [0.2, 0.25) is 0 Å². The van der Waals surface area contributed by atoms with E-state index in [2.05, 4.69) is 32.7 Å². The van der Waals surface area contributed by atoms with Crippen LogP contribution in [-0.4, -0.2) is 24.0 Å². The number of hydrogen-bond donors (Lipinski definition) is 2. The molecule has 0 unspecified atom stereocenters. The summed E-state index contributed by atoms with van der Waals surface area (Å²) in [6.45, 7) is 0.688. The zero-order valence-electron chi connectivity index (χ0n) is 11.1. The van der Waals surface area contributed by atoms with Gasteiger partial charge in [-0.3, -0.25) is 9.98 Å². The maximum atomic E-state index is 4.46. The molecule has 1 aliphatic rings. The van der Waals surface area contributed by atoms with Crippen LogP contribution >= 0.6 is 0 Å². The molecule has 1 heterocycles. The fraction of sp³-hybridized carbons (Fsp3) is 0.333. The summed E-state index contributed by atoms with van der Waals surface area (Å²) in [5, 5.41) is 9.11. The Morgan fingerprint density at radius 1 is 1.32 bits per heavy atom. The molecule has 4 heteroatoms. The minimum absolute atomic E-state index is 0.603. The number of guanidine groups is 1. The van der Waals surface area contributed by atoms with Crippen LogP contribution in [0.4, 0.5) is 0 Å². The highest BCUT2D eigenvalue weighted by Crippen LogP contribution is 2.18. The summed E-state index contributed by atoms with van der Waals surface area (Å²) in [6, 6.07) is 11.0. The second kappa shape index (κ2) is 5.26. The molecule has 4 nitrogen and oxygen atoms in total. The predicted molar refractivity (Wildman–Crippen MR) is 78.1 cm³/mol. The van der Waals surface area contributed by atoms with E-state index < -0.39 is 0 Å². The van der Waals surface area contributed by atoms with Gasteiger partial charge in [0.25, 0.3) is 0 Å². The van der Waals surface area contributed by atoms with Gasteiger partial charge in [-0.15, -0.1) is 0 Å². The van der Waals surface area contributed by atoms with Crippen molar-refractivity contribution in [3.05, 3.63) is 42.2 Å². The van der Waals surface area contributed by atoms with Crippen molar-refractivity contribution in [2.24, 2.45) is 4.99 Å². The first-order valence-electron chi connectivity index (χ1n) is 6.66. The smallest absolute Gasteiger partial charge is 0.191 e. The Morgan fingerprint density at radius 2 is 2.16 bits per heavy atom. The fourth-order valence-corrected chi connectivity index (χ4v) is 2.11.